The second-order valence-corrected chi connectivity index (χ2v) is 2.08. The molecule has 4 heteroatoms. The van der Waals surface area contributed by atoms with Gasteiger partial charge in [0, 0.05) is 6.08 Å². The summed E-state index contributed by atoms with van der Waals surface area (Å²) >= 11 is 0. The number of hydrogen-bond donors (Lipinski definition) is 1. The van der Waals surface area contributed by atoms with E-state index in [4.69, 9.17) is 5.11 Å². The van der Waals surface area contributed by atoms with Crippen LogP contribution in [0.25, 0.3) is 6.08 Å². The fourth-order valence-corrected chi connectivity index (χ4v) is 0.732. The van der Waals surface area contributed by atoms with Crippen molar-refractivity contribution in [3.63, 3.8) is 0 Å². The van der Waals surface area contributed by atoms with Gasteiger partial charge in [0.15, 0.2) is 0 Å². The van der Waals surface area contributed by atoms with Gasteiger partial charge >= 0.3 is 65.1 Å². The van der Waals surface area contributed by atoms with Gasteiger partial charge in [-0.05, 0) is 11.6 Å². The Morgan fingerprint density at radius 2 is 1.69 bits per heavy atom. The van der Waals surface area contributed by atoms with E-state index in [0.717, 1.165) is 11.6 Å². The van der Waals surface area contributed by atoms with E-state index in [1.54, 1.807) is 6.08 Å². The molecule has 0 spiro atoms. The number of carboxylic acid groups (broad SMARTS) is 1. The van der Waals surface area contributed by atoms with Crippen molar-refractivity contribution in [2.24, 2.45) is 0 Å². The van der Waals surface area contributed by atoms with Crippen LogP contribution in [0.15, 0.2) is 36.4 Å². The first-order valence-corrected chi connectivity index (χ1v) is 3.25. The van der Waals surface area contributed by atoms with Gasteiger partial charge in [0.05, 0.1) is 0 Å². The Kier molecular flexibility index (Phi) is 11.0. The summed E-state index contributed by atoms with van der Waals surface area (Å²) in [4.78, 5) is 10.1. The monoisotopic (exact) mass is 196 g/mol. The minimum absolute atomic E-state index is 0. The van der Waals surface area contributed by atoms with Crippen molar-refractivity contribution < 1.29 is 9.90 Å². The Morgan fingerprint density at radius 1 is 1.15 bits per heavy atom. The van der Waals surface area contributed by atoms with E-state index in [9.17, 15) is 4.79 Å². The first-order chi connectivity index (χ1) is 5.29. The molecule has 0 heterocycles. The summed E-state index contributed by atoms with van der Waals surface area (Å²) in [5, 5.41) is 8.29. The molecule has 13 heavy (non-hydrogen) atoms. The van der Waals surface area contributed by atoms with Gasteiger partial charge in [-0.15, -0.1) is 0 Å². The molecule has 0 aliphatic heterocycles. The van der Waals surface area contributed by atoms with E-state index in [-0.39, 0.29) is 59.1 Å². The van der Waals surface area contributed by atoms with E-state index in [1.165, 1.54) is 0 Å². The molecule has 0 bridgehead atoms. The minimum atomic E-state index is -0.922. The summed E-state index contributed by atoms with van der Waals surface area (Å²) in [7, 11) is 0. The molecule has 0 atom stereocenters. The van der Waals surface area contributed by atoms with Crippen molar-refractivity contribution >= 4 is 71.2 Å². The molecule has 0 aliphatic carbocycles. The molecule has 1 aromatic carbocycles. The Labute approximate surface area is 122 Å². The third-order valence-electron chi connectivity index (χ3n) is 1.22. The molecule has 0 unspecified atom stereocenters. The average molecular weight is 196 g/mol. The van der Waals surface area contributed by atoms with Crippen molar-refractivity contribution in [1.82, 2.24) is 0 Å². The van der Waals surface area contributed by atoms with Crippen LogP contribution < -0.4 is 0 Å². The van der Waals surface area contributed by atoms with Crippen LogP contribution in [0, 0.1) is 0 Å². The normalized spacial score (nSPS) is 8.62. The van der Waals surface area contributed by atoms with Crippen molar-refractivity contribution in [2.45, 2.75) is 0 Å². The third kappa shape index (κ3) is 7.50. The molecular weight excluding hydrogens is 186 g/mol. The van der Waals surface area contributed by atoms with Crippen molar-refractivity contribution in [1.29, 1.82) is 0 Å². The molecule has 0 fully saturated rings. The van der Waals surface area contributed by atoms with Crippen LogP contribution in [0.2, 0.25) is 0 Å². The van der Waals surface area contributed by atoms with Gasteiger partial charge in [0.25, 0.3) is 0 Å². The van der Waals surface area contributed by atoms with Crippen LogP contribution >= 0.6 is 0 Å². The molecule has 0 amide bonds. The van der Waals surface area contributed by atoms with Crippen LogP contribution in [0.1, 0.15) is 5.56 Å². The van der Waals surface area contributed by atoms with Crippen LogP contribution in [0.5, 0.6) is 0 Å². The molecule has 0 saturated carbocycles. The van der Waals surface area contributed by atoms with Gasteiger partial charge in [0.2, 0.25) is 0 Å². The molecule has 1 rings (SSSR count). The van der Waals surface area contributed by atoms with E-state index < -0.39 is 5.97 Å². The van der Waals surface area contributed by atoms with Crippen molar-refractivity contribution in [3.8, 4) is 0 Å². The molecule has 1 N–H and O–H groups in total. The molecule has 1 aromatic rings. The summed E-state index contributed by atoms with van der Waals surface area (Å²) in [5.41, 5.74) is 0.898. The second-order valence-electron chi connectivity index (χ2n) is 2.08. The van der Waals surface area contributed by atoms with Crippen LogP contribution in [-0.4, -0.2) is 70.2 Å². The number of carbonyl (C=O) groups is 1. The standard InChI is InChI=1S/C9H8O2.2Na.2H/c10-9(11)7-6-8-4-2-1-3-5-8;;;;/h1-7H,(H,10,11);;;;/b7-6+;;;;. The molecule has 0 aliphatic rings. The predicted molar refractivity (Wildman–Crippen MR) is 57.4 cm³/mol. The Balaban J connectivity index is 0. The van der Waals surface area contributed by atoms with Gasteiger partial charge < -0.3 is 5.11 Å². The third-order valence-corrected chi connectivity index (χ3v) is 1.22. The molecule has 60 valence electrons. The van der Waals surface area contributed by atoms with Crippen molar-refractivity contribution in [2.75, 3.05) is 0 Å². The van der Waals surface area contributed by atoms with Crippen LogP contribution in [0.3, 0.4) is 0 Å². The zero-order valence-corrected chi connectivity index (χ0v) is 5.90. The van der Waals surface area contributed by atoms with Gasteiger partial charge in [-0.2, -0.15) is 0 Å². The second kappa shape index (κ2) is 9.00. The van der Waals surface area contributed by atoms with E-state index in [0.29, 0.717) is 0 Å². The van der Waals surface area contributed by atoms with E-state index in [2.05, 4.69) is 0 Å². The van der Waals surface area contributed by atoms with Crippen molar-refractivity contribution in [3.05, 3.63) is 42.0 Å². The number of carboxylic acids is 1. The van der Waals surface area contributed by atoms with Gasteiger partial charge in [-0.3, -0.25) is 0 Å². The molecule has 2 nitrogen and oxygen atoms in total. The summed E-state index contributed by atoms with van der Waals surface area (Å²) in [6, 6.07) is 9.31. The number of rotatable bonds is 2. The SMILES string of the molecule is O=C(O)/C=C/c1ccccc1.[NaH].[NaH]. The Hall–Kier alpha value is 0.430. The maximum absolute atomic E-state index is 10.1. The number of hydrogen-bond acceptors (Lipinski definition) is 1. The Bertz CT molecular complexity index is 270. The van der Waals surface area contributed by atoms with Gasteiger partial charge in [-0.25, -0.2) is 4.79 Å². The van der Waals surface area contributed by atoms with Gasteiger partial charge in [-0.1, -0.05) is 30.3 Å². The predicted octanol–water partition coefficient (Wildman–Crippen LogP) is 0.487. The first-order valence-electron chi connectivity index (χ1n) is 3.25. The fraction of sp³-hybridized carbons (Fsp3) is 0. The summed E-state index contributed by atoms with van der Waals surface area (Å²) in [6.45, 7) is 0. The molecule has 0 saturated heterocycles. The van der Waals surface area contributed by atoms with Crippen LogP contribution in [-0.2, 0) is 4.79 Å². The van der Waals surface area contributed by atoms with E-state index >= 15 is 0 Å². The molecule has 0 aromatic heterocycles. The fourth-order valence-electron chi connectivity index (χ4n) is 0.732. The first kappa shape index (κ1) is 15.9. The number of benzene rings is 1. The summed E-state index contributed by atoms with van der Waals surface area (Å²) in [5.74, 6) is -0.922. The quantitative estimate of drug-likeness (QED) is 0.552. The molecular formula is C9H10Na2O2. The Morgan fingerprint density at radius 3 is 2.15 bits per heavy atom. The number of aliphatic carboxylic acids is 1. The summed E-state index contributed by atoms with van der Waals surface area (Å²) in [6.07, 6.45) is 2.68. The zero-order chi connectivity index (χ0) is 8.10. The van der Waals surface area contributed by atoms with E-state index in [1.807, 2.05) is 30.3 Å². The van der Waals surface area contributed by atoms with Gasteiger partial charge in [0.1, 0.15) is 0 Å². The molecule has 0 radical (unpaired) electrons. The maximum atomic E-state index is 10.1. The topological polar surface area (TPSA) is 37.3 Å². The zero-order valence-electron chi connectivity index (χ0n) is 5.90. The summed E-state index contributed by atoms with van der Waals surface area (Å²) < 4.78 is 0. The van der Waals surface area contributed by atoms with Crippen LogP contribution in [0.4, 0.5) is 0 Å². The average Bonchev–Trinajstić information content (AvgIpc) is 2.03.